The highest BCUT2D eigenvalue weighted by Gasteiger charge is 2.59. The van der Waals surface area contributed by atoms with Crippen LogP contribution in [0, 0.1) is 0 Å². The van der Waals surface area contributed by atoms with E-state index in [4.69, 9.17) is 23.2 Å². The van der Waals surface area contributed by atoms with Crippen molar-refractivity contribution in [1.29, 1.82) is 0 Å². The molecule has 1 atom stereocenters. The fraction of sp³-hybridized carbons (Fsp3) is 0.240. The summed E-state index contributed by atoms with van der Waals surface area (Å²) in [5.74, 6) is -0.186. The summed E-state index contributed by atoms with van der Waals surface area (Å²) >= 11 is 12.0. The van der Waals surface area contributed by atoms with E-state index in [1.807, 2.05) is 18.2 Å². The lowest BCUT2D eigenvalue weighted by molar-refractivity contribution is -0.184. The first kappa shape index (κ1) is 23.5. The highest BCUT2D eigenvalue weighted by molar-refractivity contribution is 6.34. The van der Waals surface area contributed by atoms with Crippen LogP contribution in [0.4, 0.5) is 18.9 Å². The Hall–Kier alpha value is -2.70. The predicted molar refractivity (Wildman–Crippen MR) is 125 cm³/mol. The van der Waals surface area contributed by atoms with Crippen LogP contribution in [-0.2, 0) is 12.0 Å². The minimum atomic E-state index is -4.46. The molecule has 0 bridgehead atoms. The van der Waals surface area contributed by atoms with Crippen LogP contribution in [0.25, 0.3) is 0 Å². The third-order valence-electron chi connectivity index (χ3n) is 6.02. The summed E-state index contributed by atoms with van der Waals surface area (Å²) in [6.45, 7) is 0.340. The van der Waals surface area contributed by atoms with E-state index in [1.165, 1.54) is 18.2 Å². The van der Waals surface area contributed by atoms with Crippen molar-refractivity contribution in [3.05, 3.63) is 99.5 Å². The number of nitrogens with zero attached hydrogens (tertiary/aromatic N) is 1. The molecule has 172 valence electrons. The lowest BCUT2D eigenvalue weighted by Gasteiger charge is -2.33. The molecule has 0 aromatic heterocycles. The standard InChI is InChI=1S/C25H21Cl2F3N2O/c26-20-12-19(13-21(27)14-20)24(25(28,29)30)10-11-32(16-24)22-8-6-17(7-9-22)15-31-23(33)18-4-2-1-3-5-18/h1-9,12-14H,10-11,15-16H2,(H,31,33). The van der Waals surface area contributed by atoms with Gasteiger partial charge in [0.05, 0.1) is 0 Å². The molecule has 0 aliphatic carbocycles. The molecule has 0 spiro atoms. The second kappa shape index (κ2) is 9.27. The quantitative estimate of drug-likeness (QED) is 0.433. The first-order valence-electron chi connectivity index (χ1n) is 10.4. The molecule has 0 radical (unpaired) electrons. The van der Waals surface area contributed by atoms with E-state index in [1.54, 1.807) is 41.3 Å². The molecular formula is C25H21Cl2F3N2O. The van der Waals surface area contributed by atoms with Crippen LogP contribution in [0.3, 0.4) is 0 Å². The van der Waals surface area contributed by atoms with Gasteiger partial charge >= 0.3 is 6.18 Å². The number of carbonyl (C=O) groups excluding carboxylic acids is 1. The van der Waals surface area contributed by atoms with Gasteiger partial charge < -0.3 is 10.2 Å². The van der Waals surface area contributed by atoms with Crippen molar-refractivity contribution in [2.24, 2.45) is 0 Å². The number of benzene rings is 3. The van der Waals surface area contributed by atoms with Crippen LogP contribution in [0.5, 0.6) is 0 Å². The van der Waals surface area contributed by atoms with Crippen molar-refractivity contribution >= 4 is 34.8 Å². The van der Waals surface area contributed by atoms with Gasteiger partial charge in [-0.2, -0.15) is 13.2 Å². The molecule has 1 saturated heterocycles. The zero-order valence-electron chi connectivity index (χ0n) is 17.5. The maximum Gasteiger partial charge on any atom is 0.400 e. The lowest BCUT2D eigenvalue weighted by Crippen LogP contribution is -2.44. The molecule has 1 unspecified atom stereocenters. The van der Waals surface area contributed by atoms with Crippen molar-refractivity contribution in [2.75, 3.05) is 18.0 Å². The summed E-state index contributed by atoms with van der Waals surface area (Å²) in [6, 6.07) is 20.2. The Morgan fingerprint density at radius 1 is 0.970 bits per heavy atom. The first-order valence-corrected chi connectivity index (χ1v) is 11.1. The highest BCUT2D eigenvalue weighted by Crippen LogP contribution is 2.49. The molecule has 4 rings (SSSR count). The average Bonchev–Trinajstić information content (AvgIpc) is 3.25. The minimum Gasteiger partial charge on any atom is -0.370 e. The van der Waals surface area contributed by atoms with Gasteiger partial charge in [0, 0.05) is 40.9 Å². The summed E-state index contributed by atoms with van der Waals surface area (Å²) in [6.07, 6.45) is -4.56. The van der Waals surface area contributed by atoms with Gasteiger partial charge in [0.25, 0.3) is 5.91 Å². The van der Waals surface area contributed by atoms with Crippen molar-refractivity contribution in [1.82, 2.24) is 5.32 Å². The normalized spacial score (nSPS) is 18.4. The smallest absolute Gasteiger partial charge is 0.370 e. The van der Waals surface area contributed by atoms with Crippen molar-refractivity contribution in [3.8, 4) is 0 Å². The van der Waals surface area contributed by atoms with Gasteiger partial charge in [-0.25, -0.2) is 0 Å². The third kappa shape index (κ3) is 4.97. The van der Waals surface area contributed by atoms with Gasteiger partial charge in [-0.3, -0.25) is 4.79 Å². The van der Waals surface area contributed by atoms with E-state index in [0.717, 1.165) is 5.56 Å². The van der Waals surface area contributed by atoms with E-state index in [2.05, 4.69) is 5.32 Å². The number of hydrogen-bond donors (Lipinski definition) is 1. The summed E-state index contributed by atoms with van der Waals surface area (Å²) < 4.78 is 42.8. The Labute approximate surface area is 200 Å². The molecule has 33 heavy (non-hydrogen) atoms. The summed E-state index contributed by atoms with van der Waals surface area (Å²) in [5.41, 5.74) is 0.133. The van der Waals surface area contributed by atoms with Crippen LogP contribution in [0.1, 0.15) is 27.9 Å². The van der Waals surface area contributed by atoms with Gasteiger partial charge in [0.15, 0.2) is 0 Å². The number of hydrogen-bond acceptors (Lipinski definition) is 2. The van der Waals surface area contributed by atoms with Crippen molar-refractivity contribution in [3.63, 3.8) is 0 Å². The molecule has 3 nitrogen and oxygen atoms in total. The zero-order chi connectivity index (χ0) is 23.6. The molecule has 0 saturated carbocycles. The fourth-order valence-electron chi connectivity index (χ4n) is 4.19. The topological polar surface area (TPSA) is 32.3 Å². The van der Waals surface area contributed by atoms with E-state index in [9.17, 15) is 18.0 Å². The van der Waals surface area contributed by atoms with Crippen molar-refractivity contribution in [2.45, 2.75) is 24.6 Å². The summed E-state index contributed by atoms with van der Waals surface area (Å²) in [7, 11) is 0. The lowest BCUT2D eigenvalue weighted by atomic mass is 9.79. The molecule has 1 fully saturated rings. The first-order chi connectivity index (χ1) is 15.7. The van der Waals surface area contributed by atoms with Crippen LogP contribution in [0.2, 0.25) is 10.0 Å². The Kier molecular flexibility index (Phi) is 6.59. The number of nitrogens with one attached hydrogen (secondary N) is 1. The SMILES string of the molecule is O=C(NCc1ccc(N2CCC(c3cc(Cl)cc(Cl)c3)(C(F)(F)F)C2)cc1)c1ccccc1. The van der Waals surface area contributed by atoms with Gasteiger partial charge in [-0.1, -0.05) is 53.5 Å². The Bertz CT molecular complexity index is 1120. The number of carbonyl (C=O) groups is 1. The van der Waals surface area contributed by atoms with Gasteiger partial charge in [-0.15, -0.1) is 0 Å². The zero-order valence-corrected chi connectivity index (χ0v) is 19.0. The van der Waals surface area contributed by atoms with Crippen LogP contribution < -0.4 is 10.2 Å². The Balaban J connectivity index is 1.48. The molecule has 1 N–H and O–H groups in total. The van der Waals surface area contributed by atoms with E-state index >= 15 is 0 Å². The highest BCUT2D eigenvalue weighted by atomic mass is 35.5. The van der Waals surface area contributed by atoms with Crippen LogP contribution in [0.15, 0.2) is 72.8 Å². The van der Waals surface area contributed by atoms with Crippen LogP contribution >= 0.6 is 23.2 Å². The molecule has 1 aliphatic heterocycles. The number of halogens is 5. The van der Waals surface area contributed by atoms with Gasteiger partial charge in [-0.05, 0) is 60.0 Å². The minimum absolute atomic E-state index is 0.0789. The number of amides is 1. The summed E-state index contributed by atoms with van der Waals surface area (Å²) in [4.78, 5) is 13.9. The maximum atomic E-state index is 14.3. The average molecular weight is 493 g/mol. The monoisotopic (exact) mass is 492 g/mol. The molecule has 1 heterocycles. The fourth-order valence-corrected chi connectivity index (χ4v) is 4.72. The van der Waals surface area contributed by atoms with E-state index in [0.29, 0.717) is 17.8 Å². The second-order valence-corrected chi connectivity index (χ2v) is 9.00. The number of anilines is 1. The second-order valence-electron chi connectivity index (χ2n) is 8.12. The number of alkyl halides is 3. The molecule has 3 aromatic rings. The van der Waals surface area contributed by atoms with E-state index < -0.39 is 11.6 Å². The van der Waals surface area contributed by atoms with Gasteiger partial charge in [0.1, 0.15) is 5.41 Å². The van der Waals surface area contributed by atoms with Crippen molar-refractivity contribution < 1.29 is 18.0 Å². The molecule has 1 aliphatic rings. The Morgan fingerprint density at radius 2 is 1.61 bits per heavy atom. The maximum absolute atomic E-state index is 14.3. The predicted octanol–water partition coefficient (Wildman–Crippen LogP) is 6.63. The molecular weight excluding hydrogens is 472 g/mol. The molecule has 8 heteroatoms. The molecule has 1 amide bonds. The largest absolute Gasteiger partial charge is 0.400 e. The third-order valence-corrected chi connectivity index (χ3v) is 6.45. The van der Waals surface area contributed by atoms with E-state index in [-0.39, 0.29) is 41.0 Å². The van der Waals surface area contributed by atoms with Crippen LogP contribution in [-0.4, -0.2) is 25.2 Å². The summed E-state index contributed by atoms with van der Waals surface area (Å²) in [5, 5.41) is 3.21. The number of rotatable bonds is 5. The van der Waals surface area contributed by atoms with Gasteiger partial charge in [0.2, 0.25) is 0 Å². The Morgan fingerprint density at radius 3 is 2.21 bits per heavy atom. The molecule has 3 aromatic carbocycles.